The minimum absolute atomic E-state index is 0. The Hall–Kier alpha value is -1.80. The third-order valence-electron chi connectivity index (χ3n) is 3.50. The maximum absolute atomic E-state index is 5.66. The predicted octanol–water partition coefficient (Wildman–Crippen LogP) is 3.46. The number of ether oxygens (including phenoxy) is 2. The molecule has 0 radical (unpaired) electrons. The fourth-order valence-electron chi connectivity index (χ4n) is 2.21. The van der Waals surface area contributed by atoms with Gasteiger partial charge in [0.15, 0.2) is 5.96 Å². The van der Waals surface area contributed by atoms with Gasteiger partial charge in [-0.1, -0.05) is 48.5 Å². The van der Waals surface area contributed by atoms with Crippen LogP contribution in [0.25, 0.3) is 0 Å². The number of hydrogen-bond acceptors (Lipinski definition) is 3. The quantitative estimate of drug-likeness (QED) is 0.242. The van der Waals surface area contributed by atoms with Gasteiger partial charge < -0.3 is 20.1 Å². The molecule has 2 aromatic carbocycles. The molecule has 0 atom stereocenters. The van der Waals surface area contributed by atoms with Crippen molar-refractivity contribution >= 4 is 29.9 Å². The van der Waals surface area contributed by atoms with Crippen LogP contribution in [0.1, 0.15) is 12.0 Å². The topological polar surface area (TPSA) is 54.9 Å². The van der Waals surface area contributed by atoms with Crippen LogP contribution < -0.4 is 15.4 Å². The van der Waals surface area contributed by atoms with Crippen molar-refractivity contribution in [1.82, 2.24) is 10.6 Å². The number of aliphatic imine (C=N–C) groups is 1. The van der Waals surface area contributed by atoms with E-state index < -0.39 is 0 Å². The van der Waals surface area contributed by atoms with Crippen molar-refractivity contribution in [2.75, 3.05) is 33.4 Å². The molecule has 0 bridgehead atoms. The van der Waals surface area contributed by atoms with Crippen LogP contribution in [0.4, 0.5) is 0 Å². The van der Waals surface area contributed by atoms with Crippen LogP contribution in [-0.2, 0) is 11.3 Å². The van der Waals surface area contributed by atoms with Gasteiger partial charge in [0, 0.05) is 20.1 Å². The van der Waals surface area contributed by atoms with Gasteiger partial charge in [-0.2, -0.15) is 0 Å². The Balaban J connectivity index is 0.00000338. The fraction of sp³-hybridized carbons (Fsp3) is 0.350. The van der Waals surface area contributed by atoms with Gasteiger partial charge >= 0.3 is 0 Å². The largest absolute Gasteiger partial charge is 0.494 e. The normalized spacial score (nSPS) is 10.7. The first-order chi connectivity index (χ1) is 12.4. The number of nitrogens with zero attached hydrogens (tertiary/aromatic N) is 1. The highest BCUT2D eigenvalue weighted by atomic mass is 127. The average molecular weight is 469 g/mol. The molecule has 0 saturated carbocycles. The Kier molecular flexibility index (Phi) is 12.3. The number of halogens is 1. The molecule has 2 rings (SSSR count). The molecule has 0 aliphatic rings. The van der Waals surface area contributed by atoms with Crippen molar-refractivity contribution in [3.8, 4) is 5.75 Å². The van der Waals surface area contributed by atoms with E-state index >= 15 is 0 Å². The molecule has 0 aliphatic carbocycles. The second kappa shape index (κ2) is 14.4. The lowest BCUT2D eigenvalue weighted by molar-refractivity contribution is 0.125. The van der Waals surface area contributed by atoms with Crippen LogP contribution in [0.15, 0.2) is 65.7 Å². The number of benzene rings is 2. The molecule has 0 aromatic heterocycles. The average Bonchev–Trinajstić information content (AvgIpc) is 2.67. The maximum Gasteiger partial charge on any atom is 0.191 e. The summed E-state index contributed by atoms with van der Waals surface area (Å²) in [4.78, 5) is 4.20. The lowest BCUT2D eigenvalue weighted by Gasteiger charge is -2.12. The molecule has 6 heteroatoms. The molecule has 0 aliphatic heterocycles. The minimum atomic E-state index is 0. The van der Waals surface area contributed by atoms with Gasteiger partial charge in [-0.05, 0) is 24.1 Å². The van der Waals surface area contributed by atoms with Gasteiger partial charge in [0.25, 0.3) is 0 Å². The third-order valence-corrected chi connectivity index (χ3v) is 3.50. The molecular formula is C20H28IN3O2. The first-order valence-electron chi connectivity index (χ1n) is 8.62. The molecule has 5 nitrogen and oxygen atoms in total. The van der Waals surface area contributed by atoms with Crippen molar-refractivity contribution in [2.45, 2.75) is 13.0 Å². The van der Waals surface area contributed by atoms with E-state index in [2.05, 4.69) is 27.8 Å². The fourth-order valence-corrected chi connectivity index (χ4v) is 2.21. The number of nitrogens with one attached hydrogen (secondary N) is 2. The standard InChI is InChI=1S/C20H27N3O2.HI/c1-21-20(22-13-8-15-25-19-11-6-3-7-12-19)23-14-16-24-17-18-9-4-2-5-10-18;/h2-7,9-12H,8,13-17H2,1H3,(H2,21,22,23);1H. The number of para-hydroxylation sites is 1. The van der Waals surface area contributed by atoms with Gasteiger partial charge in [-0.15, -0.1) is 24.0 Å². The van der Waals surface area contributed by atoms with E-state index in [4.69, 9.17) is 9.47 Å². The Labute approximate surface area is 173 Å². The highest BCUT2D eigenvalue weighted by Gasteiger charge is 1.98. The smallest absolute Gasteiger partial charge is 0.191 e. The lowest BCUT2D eigenvalue weighted by atomic mass is 10.2. The highest BCUT2D eigenvalue weighted by molar-refractivity contribution is 14.0. The van der Waals surface area contributed by atoms with Crippen molar-refractivity contribution < 1.29 is 9.47 Å². The zero-order valence-electron chi connectivity index (χ0n) is 15.2. The molecule has 2 N–H and O–H groups in total. The Bertz CT molecular complexity index is 557. The van der Waals surface area contributed by atoms with Crippen LogP contribution in [-0.4, -0.2) is 39.3 Å². The van der Waals surface area contributed by atoms with Crippen molar-refractivity contribution in [1.29, 1.82) is 0 Å². The monoisotopic (exact) mass is 469 g/mol. The third kappa shape index (κ3) is 9.62. The van der Waals surface area contributed by atoms with Crippen LogP contribution in [0, 0.1) is 0 Å². The summed E-state index contributed by atoms with van der Waals surface area (Å²) in [5.74, 6) is 1.68. The van der Waals surface area contributed by atoms with E-state index in [1.807, 2.05) is 48.5 Å². The molecule has 0 amide bonds. The predicted molar refractivity (Wildman–Crippen MR) is 117 cm³/mol. The Morgan fingerprint density at radius 3 is 2.23 bits per heavy atom. The van der Waals surface area contributed by atoms with E-state index in [0.717, 1.165) is 24.7 Å². The number of hydrogen-bond donors (Lipinski definition) is 2. The molecule has 0 saturated heterocycles. The summed E-state index contributed by atoms with van der Waals surface area (Å²) < 4.78 is 11.3. The summed E-state index contributed by atoms with van der Waals surface area (Å²) >= 11 is 0. The first kappa shape index (κ1) is 22.2. The van der Waals surface area contributed by atoms with E-state index in [1.54, 1.807) is 7.05 Å². The highest BCUT2D eigenvalue weighted by Crippen LogP contribution is 2.07. The summed E-state index contributed by atoms with van der Waals surface area (Å²) in [6.07, 6.45) is 0.903. The summed E-state index contributed by atoms with van der Waals surface area (Å²) in [7, 11) is 1.76. The molecule has 2 aromatic rings. The van der Waals surface area contributed by atoms with Gasteiger partial charge in [-0.25, -0.2) is 0 Å². The van der Waals surface area contributed by atoms with Gasteiger partial charge in [0.1, 0.15) is 5.75 Å². The number of rotatable bonds is 10. The van der Waals surface area contributed by atoms with Crippen molar-refractivity contribution in [3.63, 3.8) is 0 Å². The lowest BCUT2D eigenvalue weighted by Crippen LogP contribution is -2.39. The molecule has 0 unspecified atom stereocenters. The zero-order chi connectivity index (χ0) is 17.6. The zero-order valence-corrected chi connectivity index (χ0v) is 17.5. The van der Waals surface area contributed by atoms with Crippen molar-refractivity contribution in [3.05, 3.63) is 66.2 Å². The Morgan fingerprint density at radius 1 is 0.885 bits per heavy atom. The number of guanidine groups is 1. The van der Waals surface area contributed by atoms with Crippen LogP contribution in [0.5, 0.6) is 5.75 Å². The summed E-state index contributed by atoms with van der Waals surface area (Å²) in [5.41, 5.74) is 1.18. The molecule has 142 valence electrons. The molecule has 0 heterocycles. The first-order valence-corrected chi connectivity index (χ1v) is 8.62. The van der Waals surface area contributed by atoms with Gasteiger partial charge in [0.2, 0.25) is 0 Å². The van der Waals surface area contributed by atoms with E-state index in [0.29, 0.717) is 26.4 Å². The summed E-state index contributed by atoms with van der Waals surface area (Å²) in [6, 6.07) is 20.0. The van der Waals surface area contributed by atoms with Crippen LogP contribution in [0.2, 0.25) is 0 Å². The maximum atomic E-state index is 5.66. The SMILES string of the molecule is CN=C(NCCCOc1ccccc1)NCCOCc1ccccc1.I. The second-order valence-corrected chi connectivity index (χ2v) is 5.48. The van der Waals surface area contributed by atoms with E-state index in [-0.39, 0.29) is 24.0 Å². The van der Waals surface area contributed by atoms with E-state index in [9.17, 15) is 0 Å². The van der Waals surface area contributed by atoms with Gasteiger partial charge in [0.05, 0.1) is 19.8 Å². The van der Waals surface area contributed by atoms with E-state index in [1.165, 1.54) is 5.56 Å². The van der Waals surface area contributed by atoms with Crippen molar-refractivity contribution in [2.24, 2.45) is 4.99 Å². The summed E-state index contributed by atoms with van der Waals surface area (Å²) in [6.45, 7) is 3.46. The molecule has 0 spiro atoms. The van der Waals surface area contributed by atoms with Crippen LogP contribution >= 0.6 is 24.0 Å². The molecular weight excluding hydrogens is 441 g/mol. The van der Waals surface area contributed by atoms with Gasteiger partial charge in [-0.3, -0.25) is 4.99 Å². The van der Waals surface area contributed by atoms with Crippen LogP contribution in [0.3, 0.4) is 0 Å². The second-order valence-electron chi connectivity index (χ2n) is 5.48. The minimum Gasteiger partial charge on any atom is -0.494 e. The molecule has 26 heavy (non-hydrogen) atoms. The molecule has 0 fully saturated rings. The Morgan fingerprint density at radius 2 is 1.54 bits per heavy atom. The summed E-state index contributed by atoms with van der Waals surface area (Å²) in [5, 5.41) is 6.50.